The van der Waals surface area contributed by atoms with E-state index in [-0.39, 0.29) is 18.3 Å². The Hall–Kier alpha value is -2.08. The summed E-state index contributed by atoms with van der Waals surface area (Å²) in [5.41, 5.74) is 2.89. The zero-order chi connectivity index (χ0) is 12.4. The summed E-state index contributed by atoms with van der Waals surface area (Å²) in [4.78, 5) is 25.9. The van der Waals surface area contributed by atoms with E-state index in [0.717, 1.165) is 5.01 Å². The van der Waals surface area contributed by atoms with Gasteiger partial charge in [-0.05, 0) is 18.2 Å². The number of hydrogen-bond donors (Lipinski definition) is 2. The predicted octanol–water partition coefficient (Wildman–Crippen LogP) is 0.674. The van der Waals surface area contributed by atoms with Crippen molar-refractivity contribution in [3.63, 3.8) is 0 Å². The van der Waals surface area contributed by atoms with Crippen molar-refractivity contribution in [2.45, 2.75) is 0 Å². The van der Waals surface area contributed by atoms with Gasteiger partial charge < -0.3 is 5.11 Å². The van der Waals surface area contributed by atoms with Gasteiger partial charge in [-0.1, -0.05) is 17.7 Å². The van der Waals surface area contributed by atoms with E-state index in [1.165, 1.54) is 0 Å². The molecule has 0 radical (unpaired) electrons. The van der Waals surface area contributed by atoms with Crippen LogP contribution in [0.25, 0.3) is 0 Å². The van der Waals surface area contributed by atoms with Crippen molar-refractivity contribution in [2.75, 3.05) is 11.6 Å². The first-order valence-electron chi connectivity index (χ1n) is 4.71. The highest BCUT2D eigenvalue weighted by molar-refractivity contribution is 6.36. The summed E-state index contributed by atoms with van der Waals surface area (Å²) in [5, 5.41) is 10.4. The minimum absolute atomic E-state index is 0.207. The molecule has 0 aromatic heterocycles. The van der Waals surface area contributed by atoms with Crippen LogP contribution in [0, 0.1) is 0 Å². The van der Waals surface area contributed by atoms with Crippen LogP contribution in [0.5, 0.6) is 0 Å². The largest absolute Gasteiger partial charge is 0.475 e. The van der Waals surface area contributed by atoms with Crippen LogP contribution in [-0.4, -0.2) is 29.4 Å². The van der Waals surface area contributed by atoms with Crippen LogP contribution in [-0.2, 0) is 9.59 Å². The average molecular weight is 254 g/mol. The zero-order valence-corrected chi connectivity index (χ0v) is 9.31. The second kappa shape index (κ2) is 4.42. The summed E-state index contributed by atoms with van der Waals surface area (Å²) in [6, 6.07) is 6.52. The number of hydrogen-bond acceptors (Lipinski definition) is 4. The first kappa shape index (κ1) is 11.4. The number of rotatable bonds is 2. The van der Waals surface area contributed by atoms with E-state index in [9.17, 15) is 9.59 Å². The van der Waals surface area contributed by atoms with Crippen LogP contribution < -0.4 is 10.4 Å². The molecule has 2 rings (SSSR count). The SMILES string of the molecule is O=C(O)C1=NCC(=O)N(c2cccc(Cl)c2)N1. The van der Waals surface area contributed by atoms with Gasteiger partial charge in [0.1, 0.15) is 6.54 Å². The molecule has 0 aliphatic carbocycles. The molecule has 0 spiro atoms. The molecule has 1 amide bonds. The molecule has 2 N–H and O–H groups in total. The van der Waals surface area contributed by atoms with Crippen LogP contribution in [0.15, 0.2) is 29.3 Å². The molecule has 6 nitrogen and oxygen atoms in total. The Morgan fingerprint density at radius 1 is 1.53 bits per heavy atom. The highest BCUT2D eigenvalue weighted by Gasteiger charge is 2.25. The lowest BCUT2D eigenvalue weighted by molar-refractivity contribution is -0.129. The number of halogens is 1. The van der Waals surface area contributed by atoms with E-state index in [4.69, 9.17) is 16.7 Å². The van der Waals surface area contributed by atoms with Crippen LogP contribution in [0.2, 0.25) is 5.02 Å². The second-order valence-electron chi connectivity index (χ2n) is 3.29. The van der Waals surface area contributed by atoms with E-state index >= 15 is 0 Å². The fourth-order valence-electron chi connectivity index (χ4n) is 1.36. The summed E-state index contributed by atoms with van der Waals surface area (Å²) in [6.45, 7) is -0.207. The maximum Gasteiger partial charge on any atom is 0.372 e. The number of aliphatic imine (C=N–C) groups is 1. The summed E-state index contributed by atoms with van der Waals surface area (Å²) in [7, 11) is 0. The maximum absolute atomic E-state index is 11.6. The molecule has 1 heterocycles. The lowest BCUT2D eigenvalue weighted by atomic mass is 10.3. The minimum atomic E-state index is -1.22. The van der Waals surface area contributed by atoms with Crippen molar-refractivity contribution >= 4 is 35.0 Å². The van der Waals surface area contributed by atoms with Gasteiger partial charge >= 0.3 is 5.97 Å². The summed E-state index contributed by atoms with van der Waals surface area (Å²) in [6.07, 6.45) is 0. The van der Waals surface area contributed by atoms with Gasteiger partial charge in [-0.2, -0.15) is 0 Å². The van der Waals surface area contributed by atoms with Crippen molar-refractivity contribution in [1.29, 1.82) is 0 Å². The molecule has 1 aromatic rings. The van der Waals surface area contributed by atoms with Gasteiger partial charge in [0.25, 0.3) is 5.91 Å². The minimum Gasteiger partial charge on any atom is -0.475 e. The number of carboxylic acid groups (broad SMARTS) is 1. The van der Waals surface area contributed by atoms with E-state index in [0.29, 0.717) is 10.7 Å². The third kappa shape index (κ3) is 2.36. The van der Waals surface area contributed by atoms with Crippen molar-refractivity contribution in [3.8, 4) is 0 Å². The molecular formula is C10H8ClN3O3. The Morgan fingerprint density at radius 2 is 2.29 bits per heavy atom. The van der Waals surface area contributed by atoms with E-state index < -0.39 is 5.97 Å². The lowest BCUT2D eigenvalue weighted by Crippen LogP contribution is -2.53. The number of carbonyl (C=O) groups excluding carboxylic acids is 1. The highest BCUT2D eigenvalue weighted by Crippen LogP contribution is 2.19. The monoisotopic (exact) mass is 253 g/mol. The molecule has 0 atom stereocenters. The molecule has 88 valence electrons. The normalized spacial score (nSPS) is 15.2. The number of carboxylic acids is 1. The van der Waals surface area contributed by atoms with Gasteiger partial charge in [0, 0.05) is 5.02 Å². The quantitative estimate of drug-likeness (QED) is 0.812. The number of benzene rings is 1. The van der Waals surface area contributed by atoms with E-state index in [1.807, 2.05) is 0 Å². The fraction of sp³-hybridized carbons (Fsp3) is 0.100. The maximum atomic E-state index is 11.6. The van der Waals surface area contributed by atoms with Crippen molar-refractivity contribution in [2.24, 2.45) is 4.99 Å². The standard InChI is InChI=1S/C10H8ClN3O3/c11-6-2-1-3-7(4-6)14-8(15)5-12-9(13-14)10(16)17/h1-4H,5H2,(H,12,13)(H,16,17). The van der Waals surface area contributed by atoms with Gasteiger partial charge in [-0.25, -0.2) is 9.80 Å². The molecule has 0 fully saturated rings. The molecule has 17 heavy (non-hydrogen) atoms. The summed E-state index contributed by atoms with van der Waals surface area (Å²) >= 11 is 5.80. The van der Waals surface area contributed by atoms with Crippen LogP contribution >= 0.6 is 11.6 Å². The fourth-order valence-corrected chi connectivity index (χ4v) is 1.54. The Bertz CT molecular complexity index is 515. The molecule has 0 unspecified atom stereocenters. The summed E-state index contributed by atoms with van der Waals surface area (Å²) < 4.78 is 0. The van der Waals surface area contributed by atoms with Gasteiger partial charge in [-0.3, -0.25) is 15.2 Å². The van der Waals surface area contributed by atoms with E-state index in [2.05, 4.69) is 10.4 Å². The number of aliphatic carboxylic acids is 1. The molecule has 0 saturated heterocycles. The van der Waals surface area contributed by atoms with Gasteiger partial charge in [0.2, 0.25) is 5.84 Å². The molecule has 0 bridgehead atoms. The van der Waals surface area contributed by atoms with Crippen LogP contribution in [0.4, 0.5) is 5.69 Å². The van der Waals surface area contributed by atoms with Gasteiger partial charge in [-0.15, -0.1) is 0 Å². The molecule has 0 saturated carbocycles. The van der Waals surface area contributed by atoms with Crippen molar-refractivity contribution in [3.05, 3.63) is 29.3 Å². The smallest absolute Gasteiger partial charge is 0.372 e. The number of nitrogens with one attached hydrogen (secondary N) is 1. The molecule has 1 aliphatic heterocycles. The number of nitrogens with zero attached hydrogens (tertiary/aromatic N) is 2. The number of amides is 1. The first-order valence-corrected chi connectivity index (χ1v) is 5.08. The van der Waals surface area contributed by atoms with Gasteiger partial charge in [0.15, 0.2) is 0 Å². The number of hydrazine groups is 1. The lowest BCUT2D eigenvalue weighted by Gasteiger charge is -2.26. The topological polar surface area (TPSA) is 82.0 Å². The van der Waals surface area contributed by atoms with Crippen molar-refractivity contribution in [1.82, 2.24) is 5.43 Å². The average Bonchev–Trinajstić information content (AvgIpc) is 2.29. The molecule has 7 heteroatoms. The van der Waals surface area contributed by atoms with Crippen LogP contribution in [0.3, 0.4) is 0 Å². The third-order valence-corrected chi connectivity index (χ3v) is 2.34. The Morgan fingerprint density at radius 3 is 2.94 bits per heavy atom. The third-order valence-electron chi connectivity index (χ3n) is 2.11. The highest BCUT2D eigenvalue weighted by atomic mass is 35.5. The van der Waals surface area contributed by atoms with E-state index in [1.54, 1.807) is 24.3 Å². The number of carbonyl (C=O) groups is 2. The summed E-state index contributed by atoms with van der Waals surface area (Å²) in [5.74, 6) is -1.84. The Kier molecular flexibility index (Phi) is 2.97. The Balaban J connectivity index is 2.30. The predicted molar refractivity (Wildman–Crippen MR) is 62.0 cm³/mol. The molecule has 1 aliphatic rings. The van der Waals surface area contributed by atoms with Crippen LogP contribution in [0.1, 0.15) is 0 Å². The molecule has 1 aromatic carbocycles. The Labute approximate surface area is 101 Å². The number of amidine groups is 1. The zero-order valence-electron chi connectivity index (χ0n) is 8.55. The number of anilines is 1. The first-order chi connectivity index (χ1) is 8.08. The van der Waals surface area contributed by atoms with Crippen molar-refractivity contribution < 1.29 is 14.7 Å². The van der Waals surface area contributed by atoms with Gasteiger partial charge in [0.05, 0.1) is 5.69 Å². The molecular weight excluding hydrogens is 246 g/mol. The second-order valence-corrected chi connectivity index (χ2v) is 3.73.